The molecule has 1 amide bonds. The standard InChI is InChI=1S/C23H29ClN2O3/c1-29-15-14-26(18-10-6-3-7-11-18)19-12-13-21(24)20(16-19)23(28)25-22(27)17-8-4-2-5-9-17/h3,6-7,10-13,16-17,22,27H,2,4-5,8-9,14-15H2,1H3,(H,25,28). The molecular formula is C23H29ClN2O3. The van der Waals surface area contributed by atoms with Gasteiger partial charge in [0.15, 0.2) is 0 Å². The molecular weight excluding hydrogens is 388 g/mol. The van der Waals surface area contributed by atoms with Crippen LogP contribution >= 0.6 is 11.6 Å². The number of para-hydroxylation sites is 1. The SMILES string of the molecule is COCCN(c1ccccc1)c1ccc(Cl)c(C(=O)NC(O)C2CCCCC2)c1. The van der Waals surface area contributed by atoms with Crippen LogP contribution in [0.1, 0.15) is 42.5 Å². The highest BCUT2D eigenvalue weighted by atomic mass is 35.5. The smallest absolute Gasteiger partial charge is 0.254 e. The van der Waals surface area contributed by atoms with Crippen molar-refractivity contribution in [2.45, 2.75) is 38.3 Å². The van der Waals surface area contributed by atoms with Crippen LogP contribution in [0.2, 0.25) is 5.02 Å². The normalized spacial score (nSPS) is 15.7. The molecule has 0 spiro atoms. The van der Waals surface area contributed by atoms with Crippen molar-refractivity contribution in [3.05, 3.63) is 59.1 Å². The van der Waals surface area contributed by atoms with Crippen LogP contribution in [0.15, 0.2) is 48.5 Å². The third-order valence-electron chi connectivity index (χ3n) is 5.47. The summed E-state index contributed by atoms with van der Waals surface area (Å²) in [7, 11) is 1.66. The fourth-order valence-electron chi connectivity index (χ4n) is 3.83. The van der Waals surface area contributed by atoms with Gasteiger partial charge in [0.05, 0.1) is 17.2 Å². The summed E-state index contributed by atoms with van der Waals surface area (Å²) in [4.78, 5) is 14.9. The summed E-state index contributed by atoms with van der Waals surface area (Å²) in [5, 5.41) is 13.6. The largest absolute Gasteiger partial charge is 0.383 e. The minimum Gasteiger partial charge on any atom is -0.383 e. The minimum atomic E-state index is -0.846. The van der Waals surface area contributed by atoms with Crippen LogP contribution in [0.25, 0.3) is 0 Å². The molecule has 1 saturated carbocycles. The van der Waals surface area contributed by atoms with E-state index >= 15 is 0 Å². The average Bonchev–Trinajstić information content (AvgIpc) is 2.76. The summed E-state index contributed by atoms with van der Waals surface area (Å²) in [6.07, 6.45) is 4.42. The summed E-state index contributed by atoms with van der Waals surface area (Å²) >= 11 is 6.33. The summed E-state index contributed by atoms with van der Waals surface area (Å²) < 4.78 is 5.26. The molecule has 0 saturated heterocycles. The first-order valence-electron chi connectivity index (χ1n) is 10.2. The van der Waals surface area contributed by atoms with Crippen molar-refractivity contribution in [2.75, 3.05) is 25.2 Å². The molecule has 1 aliphatic carbocycles. The number of benzene rings is 2. The van der Waals surface area contributed by atoms with Crippen molar-refractivity contribution in [2.24, 2.45) is 5.92 Å². The first kappa shape index (κ1) is 21.6. The Labute approximate surface area is 177 Å². The van der Waals surface area contributed by atoms with E-state index in [0.717, 1.165) is 37.1 Å². The number of methoxy groups -OCH3 is 1. The van der Waals surface area contributed by atoms with Crippen LogP contribution in [0.4, 0.5) is 11.4 Å². The van der Waals surface area contributed by atoms with Gasteiger partial charge in [0, 0.05) is 30.9 Å². The molecule has 0 radical (unpaired) electrons. The highest BCUT2D eigenvalue weighted by molar-refractivity contribution is 6.34. The van der Waals surface area contributed by atoms with Crippen molar-refractivity contribution < 1.29 is 14.6 Å². The van der Waals surface area contributed by atoms with Crippen LogP contribution in [0.5, 0.6) is 0 Å². The molecule has 0 bridgehead atoms. The average molecular weight is 417 g/mol. The lowest BCUT2D eigenvalue weighted by Gasteiger charge is -2.28. The maximum atomic E-state index is 12.8. The zero-order valence-electron chi connectivity index (χ0n) is 16.8. The predicted octanol–water partition coefficient (Wildman–Crippen LogP) is 4.75. The zero-order valence-corrected chi connectivity index (χ0v) is 17.6. The number of hydrogen-bond acceptors (Lipinski definition) is 4. The molecule has 29 heavy (non-hydrogen) atoms. The molecule has 1 fully saturated rings. The lowest BCUT2D eigenvalue weighted by molar-refractivity contribution is 0.0463. The fourth-order valence-corrected chi connectivity index (χ4v) is 4.04. The number of carbonyl (C=O) groups excluding carboxylic acids is 1. The van der Waals surface area contributed by atoms with Gasteiger partial charge >= 0.3 is 0 Å². The number of nitrogens with zero attached hydrogens (tertiary/aromatic N) is 1. The van der Waals surface area contributed by atoms with Crippen LogP contribution in [-0.2, 0) is 4.74 Å². The molecule has 0 heterocycles. The molecule has 5 nitrogen and oxygen atoms in total. The van der Waals surface area contributed by atoms with E-state index in [1.165, 1.54) is 6.42 Å². The Morgan fingerprint density at radius 1 is 1.17 bits per heavy atom. The third kappa shape index (κ3) is 5.72. The quantitative estimate of drug-likeness (QED) is 0.609. The van der Waals surface area contributed by atoms with Crippen molar-refractivity contribution in [3.8, 4) is 0 Å². The number of carbonyl (C=O) groups is 1. The molecule has 2 aromatic rings. The van der Waals surface area contributed by atoms with E-state index in [1.807, 2.05) is 36.4 Å². The Hall–Kier alpha value is -2.08. The Morgan fingerprint density at radius 3 is 2.59 bits per heavy atom. The number of anilines is 2. The Kier molecular flexibility index (Phi) is 7.92. The van der Waals surface area contributed by atoms with Gasteiger partial charge in [-0.15, -0.1) is 0 Å². The van der Waals surface area contributed by atoms with E-state index in [4.69, 9.17) is 16.3 Å². The van der Waals surface area contributed by atoms with Crippen LogP contribution in [0, 0.1) is 5.92 Å². The van der Waals surface area contributed by atoms with E-state index < -0.39 is 6.23 Å². The van der Waals surface area contributed by atoms with Crippen molar-refractivity contribution in [1.29, 1.82) is 0 Å². The highest BCUT2D eigenvalue weighted by Crippen LogP contribution is 2.30. The van der Waals surface area contributed by atoms with E-state index in [1.54, 1.807) is 19.2 Å². The van der Waals surface area contributed by atoms with Crippen molar-refractivity contribution in [3.63, 3.8) is 0 Å². The van der Waals surface area contributed by atoms with Gasteiger partial charge in [-0.25, -0.2) is 0 Å². The lowest BCUT2D eigenvalue weighted by atomic mass is 9.88. The number of amides is 1. The van der Waals surface area contributed by atoms with Gasteiger partial charge in [0.1, 0.15) is 6.23 Å². The molecule has 156 valence electrons. The maximum absolute atomic E-state index is 12.8. The molecule has 1 atom stereocenters. The van der Waals surface area contributed by atoms with Gasteiger partial charge in [-0.3, -0.25) is 4.79 Å². The van der Waals surface area contributed by atoms with E-state index in [9.17, 15) is 9.90 Å². The monoisotopic (exact) mass is 416 g/mol. The molecule has 1 aliphatic rings. The summed E-state index contributed by atoms with van der Waals surface area (Å²) in [6.45, 7) is 1.17. The van der Waals surface area contributed by atoms with Crippen LogP contribution < -0.4 is 10.2 Å². The molecule has 2 aromatic carbocycles. The number of hydrogen-bond donors (Lipinski definition) is 2. The molecule has 1 unspecified atom stereocenters. The van der Waals surface area contributed by atoms with E-state index in [2.05, 4.69) is 10.2 Å². The van der Waals surface area contributed by atoms with Gasteiger partial charge in [0.2, 0.25) is 0 Å². The molecule has 3 rings (SSSR count). The number of nitrogens with one attached hydrogen (secondary N) is 1. The van der Waals surface area contributed by atoms with Crippen LogP contribution in [0.3, 0.4) is 0 Å². The minimum absolute atomic E-state index is 0.108. The fraction of sp³-hybridized carbons (Fsp3) is 0.435. The number of aliphatic hydroxyl groups excluding tert-OH is 1. The van der Waals surface area contributed by atoms with Gasteiger partial charge < -0.3 is 20.1 Å². The summed E-state index contributed by atoms with van der Waals surface area (Å²) in [5.74, 6) is -0.244. The predicted molar refractivity (Wildman–Crippen MR) is 117 cm³/mol. The Morgan fingerprint density at radius 2 is 1.90 bits per heavy atom. The Bertz CT molecular complexity index is 794. The first-order chi connectivity index (χ1) is 14.1. The number of rotatable bonds is 8. The molecule has 2 N–H and O–H groups in total. The molecule has 0 aliphatic heterocycles. The topological polar surface area (TPSA) is 61.8 Å². The van der Waals surface area contributed by atoms with Gasteiger partial charge in [-0.1, -0.05) is 49.1 Å². The van der Waals surface area contributed by atoms with Gasteiger partial charge in [-0.05, 0) is 43.2 Å². The number of aliphatic hydroxyl groups is 1. The summed E-state index contributed by atoms with van der Waals surface area (Å²) in [5.41, 5.74) is 2.20. The second-order valence-corrected chi connectivity index (χ2v) is 7.87. The Balaban J connectivity index is 1.80. The van der Waals surface area contributed by atoms with E-state index in [-0.39, 0.29) is 11.8 Å². The van der Waals surface area contributed by atoms with Gasteiger partial charge in [0.25, 0.3) is 5.91 Å². The lowest BCUT2D eigenvalue weighted by Crippen LogP contribution is -2.41. The summed E-state index contributed by atoms with van der Waals surface area (Å²) in [6, 6.07) is 15.3. The van der Waals surface area contributed by atoms with E-state index in [0.29, 0.717) is 23.7 Å². The zero-order chi connectivity index (χ0) is 20.6. The molecule has 6 heteroatoms. The maximum Gasteiger partial charge on any atom is 0.254 e. The highest BCUT2D eigenvalue weighted by Gasteiger charge is 2.24. The van der Waals surface area contributed by atoms with Crippen molar-refractivity contribution >= 4 is 28.9 Å². The molecule has 0 aromatic heterocycles. The van der Waals surface area contributed by atoms with Crippen molar-refractivity contribution in [1.82, 2.24) is 5.32 Å². The second-order valence-electron chi connectivity index (χ2n) is 7.46. The third-order valence-corrected chi connectivity index (χ3v) is 5.80. The van der Waals surface area contributed by atoms with Gasteiger partial charge in [-0.2, -0.15) is 0 Å². The van der Waals surface area contributed by atoms with Crippen LogP contribution in [-0.4, -0.2) is 37.5 Å². The second kappa shape index (κ2) is 10.6. The first-order valence-corrected chi connectivity index (χ1v) is 10.6. The number of ether oxygens (including phenoxy) is 1. The number of halogens is 1.